The van der Waals surface area contributed by atoms with E-state index in [2.05, 4.69) is 15.7 Å². The van der Waals surface area contributed by atoms with Crippen molar-refractivity contribution in [2.75, 3.05) is 5.32 Å². The molecule has 6 nitrogen and oxygen atoms in total. The van der Waals surface area contributed by atoms with Gasteiger partial charge in [0.05, 0.1) is 0 Å². The van der Waals surface area contributed by atoms with Crippen molar-refractivity contribution in [2.24, 2.45) is 24.8 Å². The van der Waals surface area contributed by atoms with Crippen LogP contribution in [0.2, 0.25) is 0 Å². The van der Waals surface area contributed by atoms with E-state index in [0.717, 1.165) is 37.0 Å². The van der Waals surface area contributed by atoms with Crippen LogP contribution in [0.15, 0.2) is 12.3 Å². The lowest BCUT2D eigenvalue weighted by atomic mass is 9.53. The van der Waals surface area contributed by atoms with Crippen LogP contribution in [0.4, 0.5) is 5.82 Å². The Morgan fingerprint density at radius 1 is 1.14 bits per heavy atom. The topological polar surface area (TPSA) is 76.0 Å². The van der Waals surface area contributed by atoms with Crippen molar-refractivity contribution in [1.29, 1.82) is 0 Å². The van der Waals surface area contributed by atoms with Crippen molar-refractivity contribution < 1.29 is 9.59 Å². The van der Waals surface area contributed by atoms with Gasteiger partial charge >= 0.3 is 11.8 Å². The Morgan fingerprint density at radius 3 is 2.23 bits per heavy atom. The minimum absolute atomic E-state index is 0.132. The van der Waals surface area contributed by atoms with Gasteiger partial charge in [0.2, 0.25) is 0 Å². The van der Waals surface area contributed by atoms with Crippen molar-refractivity contribution in [2.45, 2.75) is 44.1 Å². The average Bonchev–Trinajstić information content (AvgIpc) is 2.81. The van der Waals surface area contributed by atoms with Crippen LogP contribution in [0.3, 0.4) is 0 Å². The number of hydrogen-bond donors (Lipinski definition) is 2. The molecule has 0 unspecified atom stereocenters. The maximum absolute atomic E-state index is 12.3. The molecular formula is C16H22N4O2. The van der Waals surface area contributed by atoms with E-state index in [0.29, 0.717) is 5.82 Å². The van der Waals surface area contributed by atoms with E-state index in [1.165, 1.54) is 19.3 Å². The normalized spacial score (nSPS) is 35.4. The van der Waals surface area contributed by atoms with Gasteiger partial charge in [-0.05, 0) is 56.3 Å². The summed E-state index contributed by atoms with van der Waals surface area (Å²) >= 11 is 0. The van der Waals surface area contributed by atoms with Gasteiger partial charge in [0, 0.05) is 24.8 Å². The Morgan fingerprint density at radius 2 is 1.73 bits per heavy atom. The molecule has 4 fully saturated rings. The molecule has 1 aromatic rings. The molecular weight excluding hydrogens is 280 g/mol. The maximum Gasteiger partial charge on any atom is 0.314 e. The summed E-state index contributed by atoms with van der Waals surface area (Å²) in [5, 5.41) is 9.69. The highest BCUT2D eigenvalue weighted by molar-refractivity contribution is 6.39. The zero-order valence-corrected chi connectivity index (χ0v) is 12.8. The summed E-state index contributed by atoms with van der Waals surface area (Å²) in [6, 6.07) is 1.68. The van der Waals surface area contributed by atoms with Crippen LogP contribution < -0.4 is 10.6 Å². The molecule has 4 aliphatic rings. The van der Waals surface area contributed by atoms with Crippen LogP contribution in [0.1, 0.15) is 38.5 Å². The fourth-order valence-electron chi connectivity index (χ4n) is 5.22. The number of carbonyl (C=O) groups is 2. The quantitative estimate of drug-likeness (QED) is 0.812. The molecule has 6 heteroatoms. The smallest absolute Gasteiger partial charge is 0.314 e. The van der Waals surface area contributed by atoms with Gasteiger partial charge in [-0.3, -0.25) is 14.3 Å². The second-order valence-electron chi connectivity index (χ2n) is 7.48. The summed E-state index contributed by atoms with van der Waals surface area (Å²) < 4.78 is 1.59. The van der Waals surface area contributed by atoms with Gasteiger partial charge in [-0.25, -0.2) is 0 Å². The number of aryl methyl sites for hydroxylation is 1. The molecule has 4 aliphatic carbocycles. The van der Waals surface area contributed by atoms with Gasteiger partial charge < -0.3 is 10.6 Å². The molecule has 0 atom stereocenters. The summed E-state index contributed by atoms with van der Waals surface area (Å²) in [6.45, 7) is 0. The minimum atomic E-state index is -0.616. The maximum atomic E-state index is 12.3. The molecule has 0 radical (unpaired) electrons. The lowest BCUT2D eigenvalue weighted by Crippen LogP contribution is -2.61. The minimum Gasteiger partial charge on any atom is -0.342 e. The van der Waals surface area contributed by atoms with Gasteiger partial charge in [-0.2, -0.15) is 5.10 Å². The molecule has 2 N–H and O–H groups in total. The van der Waals surface area contributed by atoms with Crippen LogP contribution in [-0.2, 0) is 16.6 Å². The number of aromatic nitrogens is 2. The highest BCUT2D eigenvalue weighted by atomic mass is 16.2. The first kappa shape index (κ1) is 13.8. The molecule has 5 rings (SSSR count). The third-order valence-corrected chi connectivity index (χ3v) is 5.58. The van der Waals surface area contributed by atoms with Crippen molar-refractivity contribution >= 4 is 17.6 Å². The largest absolute Gasteiger partial charge is 0.342 e. The molecule has 0 aliphatic heterocycles. The van der Waals surface area contributed by atoms with Gasteiger partial charge in [-0.15, -0.1) is 0 Å². The van der Waals surface area contributed by atoms with Gasteiger partial charge in [0.15, 0.2) is 5.82 Å². The zero-order valence-electron chi connectivity index (χ0n) is 12.8. The summed E-state index contributed by atoms with van der Waals surface area (Å²) in [5.74, 6) is 1.50. The third-order valence-electron chi connectivity index (χ3n) is 5.58. The standard InChI is InChI=1S/C16H22N4O2/c1-20-3-2-13(19-20)17-14(21)15(22)18-16-7-10-4-11(8-16)6-12(5-10)9-16/h2-3,10-12H,4-9H2,1H3,(H,18,22)(H,17,19,21). The first-order chi connectivity index (χ1) is 10.5. The van der Waals surface area contributed by atoms with E-state index in [1.807, 2.05) is 0 Å². The molecule has 2 amide bonds. The van der Waals surface area contributed by atoms with E-state index in [-0.39, 0.29) is 5.54 Å². The van der Waals surface area contributed by atoms with E-state index in [4.69, 9.17) is 0 Å². The molecule has 118 valence electrons. The first-order valence-corrected chi connectivity index (χ1v) is 8.14. The van der Waals surface area contributed by atoms with Gasteiger partial charge in [0.1, 0.15) is 0 Å². The Kier molecular flexibility index (Phi) is 3.03. The van der Waals surface area contributed by atoms with E-state index >= 15 is 0 Å². The second-order valence-corrected chi connectivity index (χ2v) is 7.48. The molecule has 4 saturated carbocycles. The lowest BCUT2D eigenvalue weighted by molar-refractivity contribution is -0.139. The zero-order chi connectivity index (χ0) is 15.3. The van der Waals surface area contributed by atoms with Crippen LogP contribution in [0.5, 0.6) is 0 Å². The fraction of sp³-hybridized carbons (Fsp3) is 0.688. The molecule has 0 spiro atoms. The Bertz CT molecular complexity index is 586. The predicted octanol–water partition coefficient (Wildman–Crippen LogP) is 1.44. The van der Waals surface area contributed by atoms with Gasteiger partial charge in [-0.1, -0.05) is 0 Å². The molecule has 22 heavy (non-hydrogen) atoms. The number of amides is 2. The van der Waals surface area contributed by atoms with E-state index < -0.39 is 11.8 Å². The summed E-state index contributed by atoms with van der Waals surface area (Å²) in [5.41, 5.74) is -0.132. The van der Waals surface area contributed by atoms with E-state index in [9.17, 15) is 9.59 Å². The number of anilines is 1. The van der Waals surface area contributed by atoms with Crippen molar-refractivity contribution in [3.05, 3.63) is 12.3 Å². The van der Waals surface area contributed by atoms with Crippen molar-refractivity contribution in [3.8, 4) is 0 Å². The first-order valence-electron chi connectivity index (χ1n) is 8.14. The summed E-state index contributed by atoms with van der Waals surface area (Å²) in [7, 11) is 1.77. The average molecular weight is 302 g/mol. The third kappa shape index (κ3) is 2.40. The molecule has 4 bridgehead atoms. The number of nitrogens with one attached hydrogen (secondary N) is 2. The number of rotatable bonds is 2. The van der Waals surface area contributed by atoms with Crippen LogP contribution in [-0.4, -0.2) is 27.1 Å². The monoisotopic (exact) mass is 302 g/mol. The number of carbonyl (C=O) groups excluding carboxylic acids is 2. The molecule has 0 saturated heterocycles. The summed E-state index contributed by atoms with van der Waals surface area (Å²) in [6.07, 6.45) is 8.80. The SMILES string of the molecule is Cn1ccc(NC(=O)C(=O)NC23CC4CC(CC(C4)C2)C3)n1. The highest BCUT2D eigenvalue weighted by Crippen LogP contribution is 2.55. The van der Waals surface area contributed by atoms with Crippen molar-refractivity contribution in [3.63, 3.8) is 0 Å². The fourth-order valence-corrected chi connectivity index (χ4v) is 5.22. The van der Waals surface area contributed by atoms with Crippen LogP contribution in [0, 0.1) is 17.8 Å². The Balaban J connectivity index is 1.42. The van der Waals surface area contributed by atoms with Crippen molar-refractivity contribution in [1.82, 2.24) is 15.1 Å². The molecule has 0 aromatic carbocycles. The lowest BCUT2D eigenvalue weighted by Gasteiger charge is -2.56. The van der Waals surface area contributed by atoms with Crippen LogP contribution in [0.25, 0.3) is 0 Å². The van der Waals surface area contributed by atoms with Crippen LogP contribution >= 0.6 is 0 Å². The van der Waals surface area contributed by atoms with Gasteiger partial charge in [0.25, 0.3) is 0 Å². The molecule has 1 aromatic heterocycles. The second kappa shape index (κ2) is 4.83. The Hall–Kier alpha value is -1.85. The number of nitrogens with zero attached hydrogens (tertiary/aromatic N) is 2. The molecule has 1 heterocycles. The number of hydrogen-bond acceptors (Lipinski definition) is 3. The Labute approximate surface area is 129 Å². The summed E-state index contributed by atoms with van der Waals surface area (Å²) in [4.78, 5) is 24.4. The predicted molar refractivity (Wildman–Crippen MR) is 80.9 cm³/mol. The van der Waals surface area contributed by atoms with E-state index in [1.54, 1.807) is 24.0 Å². The highest BCUT2D eigenvalue weighted by Gasteiger charge is 2.51.